The highest BCUT2D eigenvalue weighted by Gasteiger charge is 2.26. The Morgan fingerprint density at radius 2 is 2.44 bits per heavy atom. The molecule has 1 N–H and O–H groups in total. The smallest absolute Gasteiger partial charge is 0.271 e. The molecule has 0 saturated heterocycles. The first-order valence-electron chi connectivity index (χ1n) is 5.35. The Morgan fingerprint density at radius 1 is 1.56 bits per heavy atom. The lowest BCUT2D eigenvalue weighted by atomic mass is 10.1. The number of nitrogens with zero attached hydrogens (tertiary/aromatic N) is 1. The molecule has 18 heavy (non-hydrogen) atoms. The van der Waals surface area contributed by atoms with Crippen LogP contribution in [-0.4, -0.2) is 17.5 Å². The summed E-state index contributed by atoms with van der Waals surface area (Å²) < 4.78 is 18.6. The number of hydrogen-bond acceptors (Lipinski definition) is 4. The number of nitrogens with one attached hydrogen (secondary N) is 1. The summed E-state index contributed by atoms with van der Waals surface area (Å²) in [7, 11) is 0. The molecule has 0 spiro atoms. The van der Waals surface area contributed by atoms with Gasteiger partial charge < -0.3 is 10.1 Å². The number of halogens is 1. The van der Waals surface area contributed by atoms with E-state index < -0.39 is 0 Å². The quantitative estimate of drug-likeness (QED) is 0.904. The number of thiazole rings is 1. The summed E-state index contributed by atoms with van der Waals surface area (Å²) in [6.07, 6.45) is 0. The first-order chi connectivity index (χ1) is 8.74. The maximum absolute atomic E-state index is 13.2. The van der Waals surface area contributed by atoms with Gasteiger partial charge in [0.1, 0.15) is 23.9 Å². The van der Waals surface area contributed by atoms with Gasteiger partial charge in [0.15, 0.2) is 0 Å². The number of rotatable bonds is 2. The molecule has 1 atom stereocenters. The highest BCUT2D eigenvalue weighted by molar-refractivity contribution is 7.07. The van der Waals surface area contributed by atoms with E-state index in [-0.39, 0.29) is 17.8 Å². The molecule has 3 rings (SSSR count). The van der Waals surface area contributed by atoms with Crippen LogP contribution in [0, 0.1) is 5.82 Å². The SMILES string of the molecule is O=C(NC1COc2ccc(F)cc21)c1cscn1. The van der Waals surface area contributed by atoms with Crippen molar-refractivity contribution in [1.82, 2.24) is 10.3 Å². The largest absolute Gasteiger partial charge is 0.491 e. The Hall–Kier alpha value is -1.95. The summed E-state index contributed by atoms with van der Waals surface area (Å²) in [5.41, 5.74) is 2.62. The zero-order chi connectivity index (χ0) is 12.5. The van der Waals surface area contributed by atoms with E-state index in [1.807, 2.05) is 0 Å². The van der Waals surface area contributed by atoms with Crippen molar-refractivity contribution < 1.29 is 13.9 Å². The average molecular weight is 264 g/mol. The Labute approximate surface area is 106 Å². The monoisotopic (exact) mass is 264 g/mol. The molecule has 92 valence electrons. The molecule has 0 saturated carbocycles. The van der Waals surface area contributed by atoms with Gasteiger partial charge in [-0.3, -0.25) is 4.79 Å². The number of aromatic nitrogens is 1. The molecule has 0 aliphatic carbocycles. The van der Waals surface area contributed by atoms with Crippen LogP contribution in [0.5, 0.6) is 5.75 Å². The minimum Gasteiger partial charge on any atom is -0.491 e. The van der Waals surface area contributed by atoms with Gasteiger partial charge in [-0.2, -0.15) is 0 Å². The Balaban J connectivity index is 1.81. The second-order valence-electron chi connectivity index (χ2n) is 3.89. The van der Waals surface area contributed by atoms with Crippen LogP contribution in [0.2, 0.25) is 0 Å². The van der Waals surface area contributed by atoms with E-state index in [9.17, 15) is 9.18 Å². The molecule has 2 heterocycles. The Bertz CT molecular complexity index is 586. The van der Waals surface area contributed by atoms with Crippen LogP contribution in [0.1, 0.15) is 22.1 Å². The average Bonchev–Trinajstić information content (AvgIpc) is 2.99. The van der Waals surface area contributed by atoms with Crippen molar-refractivity contribution in [3.63, 3.8) is 0 Å². The van der Waals surface area contributed by atoms with E-state index in [1.165, 1.54) is 23.5 Å². The molecule has 1 aliphatic rings. The number of carbonyl (C=O) groups excluding carboxylic acids is 1. The molecular weight excluding hydrogens is 255 g/mol. The standard InChI is InChI=1S/C12H9FN2O2S/c13-7-1-2-11-8(3-7)9(4-17-11)15-12(16)10-5-18-6-14-10/h1-3,5-6,9H,4H2,(H,15,16). The second kappa shape index (κ2) is 4.38. The number of amides is 1. The normalized spacial score (nSPS) is 17.1. The van der Waals surface area contributed by atoms with Crippen LogP contribution in [0.3, 0.4) is 0 Å². The lowest BCUT2D eigenvalue weighted by Gasteiger charge is -2.10. The zero-order valence-electron chi connectivity index (χ0n) is 9.22. The van der Waals surface area contributed by atoms with Gasteiger partial charge in [-0.05, 0) is 18.2 Å². The molecule has 1 aliphatic heterocycles. The summed E-state index contributed by atoms with van der Waals surface area (Å²) in [4.78, 5) is 15.8. The number of ether oxygens (including phenoxy) is 1. The van der Waals surface area contributed by atoms with E-state index in [0.717, 1.165) is 0 Å². The first-order valence-corrected chi connectivity index (χ1v) is 6.29. The first kappa shape index (κ1) is 11.2. The van der Waals surface area contributed by atoms with Crippen molar-refractivity contribution in [3.05, 3.63) is 46.2 Å². The molecule has 1 unspecified atom stereocenters. The van der Waals surface area contributed by atoms with Gasteiger partial charge in [0.25, 0.3) is 5.91 Å². The third-order valence-corrected chi connectivity index (χ3v) is 3.31. The molecule has 1 aromatic heterocycles. The van der Waals surface area contributed by atoms with Gasteiger partial charge in [-0.1, -0.05) is 0 Å². The van der Waals surface area contributed by atoms with Gasteiger partial charge in [0, 0.05) is 10.9 Å². The van der Waals surface area contributed by atoms with Crippen LogP contribution in [-0.2, 0) is 0 Å². The summed E-state index contributed by atoms with van der Waals surface area (Å²) in [6.45, 7) is 0.314. The van der Waals surface area contributed by atoms with Crippen LogP contribution in [0.15, 0.2) is 29.1 Å². The minimum absolute atomic E-state index is 0.276. The van der Waals surface area contributed by atoms with Gasteiger partial charge in [-0.25, -0.2) is 9.37 Å². The fourth-order valence-electron chi connectivity index (χ4n) is 1.86. The van der Waals surface area contributed by atoms with E-state index in [4.69, 9.17) is 4.74 Å². The number of carbonyl (C=O) groups is 1. The molecule has 0 radical (unpaired) electrons. The third-order valence-electron chi connectivity index (χ3n) is 2.72. The van der Waals surface area contributed by atoms with Crippen molar-refractivity contribution in [2.75, 3.05) is 6.61 Å². The molecule has 0 bridgehead atoms. The Morgan fingerprint density at radius 3 is 3.22 bits per heavy atom. The lowest BCUT2D eigenvalue weighted by Crippen LogP contribution is -2.29. The Kier molecular flexibility index (Phi) is 2.71. The number of benzene rings is 1. The predicted octanol–water partition coefficient (Wildman–Crippen LogP) is 2.15. The molecule has 1 amide bonds. The van der Waals surface area contributed by atoms with E-state index in [0.29, 0.717) is 23.6 Å². The second-order valence-corrected chi connectivity index (χ2v) is 4.61. The van der Waals surface area contributed by atoms with Crippen molar-refractivity contribution in [2.24, 2.45) is 0 Å². The predicted molar refractivity (Wildman–Crippen MR) is 64.2 cm³/mol. The zero-order valence-corrected chi connectivity index (χ0v) is 10.0. The van der Waals surface area contributed by atoms with E-state index in [1.54, 1.807) is 17.0 Å². The van der Waals surface area contributed by atoms with Gasteiger partial charge in [0.2, 0.25) is 0 Å². The molecular formula is C12H9FN2O2S. The van der Waals surface area contributed by atoms with E-state index >= 15 is 0 Å². The minimum atomic E-state index is -0.341. The van der Waals surface area contributed by atoms with Crippen molar-refractivity contribution in [2.45, 2.75) is 6.04 Å². The van der Waals surface area contributed by atoms with Crippen molar-refractivity contribution >= 4 is 17.2 Å². The molecule has 6 heteroatoms. The number of fused-ring (bicyclic) bond motifs is 1. The summed E-state index contributed by atoms with van der Waals surface area (Å²) in [6, 6.07) is 3.96. The van der Waals surface area contributed by atoms with Crippen LogP contribution >= 0.6 is 11.3 Å². The van der Waals surface area contributed by atoms with Crippen LogP contribution in [0.4, 0.5) is 4.39 Å². The third kappa shape index (κ3) is 1.95. The topological polar surface area (TPSA) is 51.2 Å². The maximum atomic E-state index is 13.2. The fourth-order valence-corrected chi connectivity index (χ4v) is 2.39. The molecule has 1 aromatic carbocycles. The summed E-state index contributed by atoms with van der Waals surface area (Å²) >= 11 is 1.35. The fraction of sp³-hybridized carbons (Fsp3) is 0.167. The highest BCUT2D eigenvalue weighted by Crippen LogP contribution is 2.32. The van der Waals surface area contributed by atoms with E-state index in [2.05, 4.69) is 10.3 Å². The van der Waals surface area contributed by atoms with Crippen molar-refractivity contribution in [3.8, 4) is 5.75 Å². The summed E-state index contributed by atoms with van der Waals surface area (Å²) in [5.74, 6) is -0.00547. The van der Waals surface area contributed by atoms with Gasteiger partial charge >= 0.3 is 0 Å². The lowest BCUT2D eigenvalue weighted by molar-refractivity contribution is 0.0926. The highest BCUT2D eigenvalue weighted by atomic mass is 32.1. The molecule has 2 aromatic rings. The van der Waals surface area contributed by atoms with Crippen molar-refractivity contribution in [1.29, 1.82) is 0 Å². The maximum Gasteiger partial charge on any atom is 0.271 e. The van der Waals surface area contributed by atoms with Gasteiger partial charge in [-0.15, -0.1) is 11.3 Å². The number of hydrogen-bond donors (Lipinski definition) is 1. The van der Waals surface area contributed by atoms with Crippen LogP contribution < -0.4 is 10.1 Å². The molecule has 4 nitrogen and oxygen atoms in total. The summed E-state index contributed by atoms with van der Waals surface area (Å²) in [5, 5.41) is 4.44. The van der Waals surface area contributed by atoms with Crippen LogP contribution in [0.25, 0.3) is 0 Å². The molecule has 0 fully saturated rings. The van der Waals surface area contributed by atoms with Gasteiger partial charge in [0.05, 0.1) is 11.6 Å².